The number of amides is 2. The molecule has 1 unspecified atom stereocenters. The number of halogens is 1. The summed E-state index contributed by atoms with van der Waals surface area (Å²) in [5.41, 5.74) is 2.32. The number of carbonyl (C=O) groups excluding carboxylic acids is 2. The SMILES string of the molecule is CCC(NC(=O)CSc1nnnn1-c1cccc(NC(C)=O)c1)c1ccc(Cl)cc1. The summed E-state index contributed by atoms with van der Waals surface area (Å²) in [6, 6.07) is 14.5. The summed E-state index contributed by atoms with van der Waals surface area (Å²) in [4.78, 5) is 23.8. The van der Waals surface area contributed by atoms with E-state index < -0.39 is 0 Å². The molecule has 1 aromatic heterocycles. The van der Waals surface area contributed by atoms with E-state index in [1.54, 1.807) is 18.2 Å². The van der Waals surface area contributed by atoms with Crippen LogP contribution in [0, 0.1) is 0 Å². The van der Waals surface area contributed by atoms with Crippen LogP contribution in [0.5, 0.6) is 0 Å². The lowest BCUT2D eigenvalue weighted by Gasteiger charge is -2.17. The van der Waals surface area contributed by atoms with Crippen LogP contribution in [0.2, 0.25) is 5.02 Å². The van der Waals surface area contributed by atoms with Gasteiger partial charge >= 0.3 is 0 Å². The maximum atomic E-state index is 12.5. The Morgan fingerprint density at radius 3 is 2.67 bits per heavy atom. The Hall–Kier alpha value is -2.91. The van der Waals surface area contributed by atoms with Gasteiger partial charge in [-0.05, 0) is 52.7 Å². The minimum Gasteiger partial charge on any atom is -0.349 e. The number of hydrogen-bond acceptors (Lipinski definition) is 6. The molecule has 0 saturated heterocycles. The van der Waals surface area contributed by atoms with Crippen LogP contribution in [0.3, 0.4) is 0 Å². The van der Waals surface area contributed by atoms with Crippen LogP contribution in [-0.2, 0) is 9.59 Å². The third-order valence-electron chi connectivity index (χ3n) is 4.20. The summed E-state index contributed by atoms with van der Waals surface area (Å²) < 4.78 is 1.53. The first-order valence-electron chi connectivity index (χ1n) is 9.30. The molecule has 0 spiro atoms. The molecule has 30 heavy (non-hydrogen) atoms. The van der Waals surface area contributed by atoms with Gasteiger partial charge in [-0.25, -0.2) is 0 Å². The lowest BCUT2D eigenvalue weighted by molar-refractivity contribution is -0.119. The Morgan fingerprint density at radius 2 is 1.97 bits per heavy atom. The Kier molecular flexibility index (Phi) is 7.42. The fraction of sp³-hybridized carbons (Fsp3) is 0.250. The first-order valence-corrected chi connectivity index (χ1v) is 10.7. The van der Waals surface area contributed by atoms with Gasteiger partial charge in [0.25, 0.3) is 0 Å². The van der Waals surface area contributed by atoms with E-state index in [0.29, 0.717) is 21.6 Å². The van der Waals surface area contributed by atoms with Crippen molar-refractivity contribution in [1.29, 1.82) is 0 Å². The average Bonchev–Trinajstić information content (AvgIpc) is 3.19. The predicted octanol–water partition coefficient (Wildman–Crippen LogP) is 3.63. The van der Waals surface area contributed by atoms with Gasteiger partial charge in [0.15, 0.2) is 0 Å². The molecule has 0 bridgehead atoms. The summed E-state index contributed by atoms with van der Waals surface area (Å²) in [7, 11) is 0. The largest absolute Gasteiger partial charge is 0.349 e. The topological polar surface area (TPSA) is 102 Å². The van der Waals surface area contributed by atoms with Crippen LogP contribution in [0.25, 0.3) is 5.69 Å². The van der Waals surface area contributed by atoms with E-state index >= 15 is 0 Å². The second-order valence-corrected chi connectivity index (χ2v) is 7.85. The molecule has 156 valence electrons. The van der Waals surface area contributed by atoms with Gasteiger partial charge in [0.2, 0.25) is 17.0 Å². The van der Waals surface area contributed by atoms with E-state index in [0.717, 1.165) is 12.0 Å². The van der Waals surface area contributed by atoms with Crippen LogP contribution in [0.15, 0.2) is 53.7 Å². The van der Waals surface area contributed by atoms with Crippen molar-refractivity contribution in [3.05, 3.63) is 59.1 Å². The second-order valence-electron chi connectivity index (χ2n) is 6.47. The molecule has 8 nitrogen and oxygen atoms in total. The summed E-state index contributed by atoms with van der Waals surface area (Å²) >= 11 is 7.17. The van der Waals surface area contributed by atoms with Gasteiger partial charge in [0.05, 0.1) is 17.5 Å². The van der Waals surface area contributed by atoms with Crippen molar-refractivity contribution in [2.24, 2.45) is 0 Å². The molecular formula is C20H21ClN6O2S. The van der Waals surface area contributed by atoms with E-state index in [9.17, 15) is 9.59 Å². The molecule has 3 aromatic rings. The number of hydrogen-bond donors (Lipinski definition) is 2. The quantitative estimate of drug-likeness (QED) is 0.514. The zero-order valence-corrected chi connectivity index (χ0v) is 18.1. The third kappa shape index (κ3) is 5.80. The molecule has 1 heterocycles. The Balaban J connectivity index is 1.64. The number of nitrogens with one attached hydrogen (secondary N) is 2. The number of nitrogens with zero attached hydrogens (tertiary/aromatic N) is 4. The third-order valence-corrected chi connectivity index (χ3v) is 5.37. The summed E-state index contributed by atoms with van der Waals surface area (Å²) in [5.74, 6) is -0.125. The van der Waals surface area contributed by atoms with Crippen molar-refractivity contribution >= 4 is 40.9 Å². The molecule has 2 amide bonds. The molecule has 0 radical (unpaired) electrons. The smallest absolute Gasteiger partial charge is 0.230 e. The number of aromatic nitrogens is 4. The van der Waals surface area contributed by atoms with Crippen molar-refractivity contribution in [2.45, 2.75) is 31.5 Å². The van der Waals surface area contributed by atoms with E-state index in [-0.39, 0.29) is 23.6 Å². The molecule has 2 N–H and O–H groups in total. The molecule has 2 aromatic carbocycles. The van der Waals surface area contributed by atoms with Crippen molar-refractivity contribution in [3.8, 4) is 5.69 Å². The number of thioether (sulfide) groups is 1. The van der Waals surface area contributed by atoms with Crippen molar-refractivity contribution in [2.75, 3.05) is 11.1 Å². The normalized spacial score (nSPS) is 11.7. The predicted molar refractivity (Wildman–Crippen MR) is 117 cm³/mol. The first kappa shape index (κ1) is 21.8. The molecular weight excluding hydrogens is 424 g/mol. The zero-order chi connectivity index (χ0) is 21.5. The van der Waals surface area contributed by atoms with Gasteiger partial charge < -0.3 is 10.6 Å². The van der Waals surface area contributed by atoms with Crippen LogP contribution in [0.4, 0.5) is 5.69 Å². The van der Waals surface area contributed by atoms with Gasteiger partial charge in [0.1, 0.15) is 0 Å². The van der Waals surface area contributed by atoms with Crippen LogP contribution < -0.4 is 10.6 Å². The maximum Gasteiger partial charge on any atom is 0.230 e. The van der Waals surface area contributed by atoms with Gasteiger partial charge in [0, 0.05) is 17.6 Å². The number of tetrazole rings is 1. The zero-order valence-electron chi connectivity index (χ0n) is 16.5. The molecule has 10 heteroatoms. The minimum absolute atomic E-state index is 0.0966. The highest BCUT2D eigenvalue weighted by molar-refractivity contribution is 7.99. The van der Waals surface area contributed by atoms with Crippen LogP contribution in [0.1, 0.15) is 31.9 Å². The Morgan fingerprint density at radius 1 is 1.20 bits per heavy atom. The van der Waals surface area contributed by atoms with E-state index in [4.69, 9.17) is 11.6 Å². The second kappa shape index (κ2) is 10.2. The van der Waals surface area contributed by atoms with Crippen molar-refractivity contribution < 1.29 is 9.59 Å². The fourth-order valence-electron chi connectivity index (χ4n) is 2.83. The van der Waals surface area contributed by atoms with Crippen LogP contribution >= 0.6 is 23.4 Å². The number of carbonyl (C=O) groups is 2. The highest BCUT2D eigenvalue weighted by atomic mass is 35.5. The highest BCUT2D eigenvalue weighted by Gasteiger charge is 2.16. The molecule has 1 atom stereocenters. The molecule has 0 aliphatic heterocycles. The summed E-state index contributed by atoms with van der Waals surface area (Å²) in [6.07, 6.45) is 0.756. The summed E-state index contributed by atoms with van der Waals surface area (Å²) in [6.45, 7) is 3.45. The lowest BCUT2D eigenvalue weighted by atomic mass is 10.0. The summed E-state index contributed by atoms with van der Waals surface area (Å²) in [5, 5.41) is 18.6. The lowest BCUT2D eigenvalue weighted by Crippen LogP contribution is -2.29. The molecule has 3 rings (SSSR count). The fourth-order valence-corrected chi connectivity index (χ4v) is 3.66. The van der Waals surface area contributed by atoms with Gasteiger partial charge in [-0.3, -0.25) is 9.59 Å². The minimum atomic E-state index is -0.165. The van der Waals surface area contributed by atoms with Gasteiger partial charge in [-0.2, -0.15) is 4.68 Å². The Labute approximate surface area is 183 Å². The average molecular weight is 445 g/mol. The first-order chi connectivity index (χ1) is 14.5. The molecule has 0 aliphatic carbocycles. The highest BCUT2D eigenvalue weighted by Crippen LogP contribution is 2.22. The molecule has 0 aliphatic rings. The monoisotopic (exact) mass is 444 g/mol. The van der Waals surface area contributed by atoms with Crippen molar-refractivity contribution in [3.63, 3.8) is 0 Å². The van der Waals surface area contributed by atoms with E-state index in [2.05, 4.69) is 26.2 Å². The number of rotatable bonds is 8. The van der Waals surface area contributed by atoms with Gasteiger partial charge in [-0.15, -0.1) is 5.10 Å². The van der Waals surface area contributed by atoms with E-state index in [1.807, 2.05) is 37.3 Å². The number of anilines is 1. The van der Waals surface area contributed by atoms with Crippen LogP contribution in [-0.4, -0.2) is 37.8 Å². The maximum absolute atomic E-state index is 12.5. The number of benzene rings is 2. The van der Waals surface area contributed by atoms with Gasteiger partial charge in [-0.1, -0.05) is 48.5 Å². The van der Waals surface area contributed by atoms with Crippen molar-refractivity contribution in [1.82, 2.24) is 25.5 Å². The standard InChI is InChI=1S/C20H21ClN6O2S/c1-3-18(14-7-9-15(21)10-8-14)23-19(29)12-30-20-24-25-26-27(20)17-6-4-5-16(11-17)22-13(2)28/h4-11,18H,3,12H2,1-2H3,(H,22,28)(H,23,29). The Bertz CT molecular complexity index is 1020. The van der Waals surface area contributed by atoms with E-state index in [1.165, 1.54) is 23.4 Å². The molecule has 0 saturated carbocycles. The molecule has 0 fully saturated rings.